The van der Waals surface area contributed by atoms with E-state index >= 15 is 0 Å². The molecule has 4 aliphatic rings. The standard InChI is InChI=1S/C28H46O7Si2/c1-17-15-27-16-18(17)19(34-36(5,6)7)14-20(27)28(25(31)35-37(8,9)10)13-11-12-26(2,24(30)33-4)22(28)21(27)23(29)32-3/h18-22H,1,11-16H2,2-10H3/t18?,19-,20+,21+,22+,26+,27-,28+/m1/s1. The van der Waals surface area contributed by atoms with Crippen molar-refractivity contribution < 1.29 is 32.7 Å². The molecule has 0 aromatic heterocycles. The van der Waals surface area contributed by atoms with Gasteiger partial charge in [0.05, 0.1) is 37.1 Å². The molecule has 0 saturated heterocycles. The van der Waals surface area contributed by atoms with E-state index in [0.717, 1.165) is 12.0 Å². The van der Waals surface area contributed by atoms with Gasteiger partial charge in [-0.05, 0) is 89.6 Å². The van der Waals surface area contributed by atoms with Crippen molar-refractivity contribution in [3.63, 3.8) is 0 Å². The Kier molecular flexibility index (Phi) is 6.98. The molecule has 9 heteroatoms. The Balaban J connectivity index is 1.99. The van der Waals surface area contributed by atoms with Gasteiger partial charge in [-0.25, -0.2) is 0 Å². The molecule has 0 aliphatic heterocycles. The fraction of sp³-hybridized carbons (Fsp3) is 0.821. The van der Waals surface area contributed by atoms with E-state index in [1.165, 1.54) is 14.2 Å². The van der Waals surface area contributed by atoms with Crippen LogP contribution in [0.4, 0.5) is 0 Å². The fourth-order valence-corrected chi connectivity index (χ4v) is 10.9. The number of carbonyl (C=O) groups excluding carboxylic acids is 3. The van der Waals surface area contributed by atoms with Crippen LogP contribution in [0.15, 0.2) is 12.2 Å². The lowest BCUT2D eigenvalue weighted by atomic mass is 9.52. The zero-order chi connectivity index (χ0) is 27.8. The molecule has 37 heavy (non-hydrogen) atoms. The Labute approximate surface area is 224 Å². The molecule has 0 aromatic rings. The monoisotopic (exact) mass is 550 g/mol. The predicted octanol–water partition coefficient (Wildman–Crippen LogP) is 5.33. The van der Waals surface area contributed by atoms with E-state index in [2.05, 4.69) is 26.2 Å². The van der Waals surface area contributed by atoms with E-state index < -0.39 is 44.7 Å². The quantitative estimate of drug-likeness (QED) is 0.251. The Morgan fingerprint density at radius 1 is 0.946 bits per heavy atom. The first-order valence-electron chi connectivity index (χ1n) is 13.7. The van der Waals surface area contributed by atoms with Gasteiger partial charge in [-0.1, -0.05) is 18.6 Å². The summed E-state index contributed by atoms with van der Waals surface area (Å²) >= 11 is 0. The molecule has 8 atom stereocenters. The van der Waals surface area contributed by atoms with Crippen molar-refractivity contribution in [1.82, 2.24) is 0 Å². The lowest BCUT2D eigenvalue weighted by molar-refractivity contribution is -0.179. The van der Waals surface area contributed by atoms with Crippen LogP contribution >= 0.6 is 0 Å². The summed E-state index contributed by atoms with van der Waals surface area (Å²) in [5.41, 5.74) is -1.43. The summed E-state index contributed by atoms with van der Waals surface area (Å²) < 4.78 is 23.9. The third kappa shape index (κ3) is 4.27. The Bertz CT molecular complexity index is 997. The molecule has 7 nitrogen and oxygen atoms in total. The van der Waals surface area contributed by atoms with Gasteiger partial charge in [0.25, 0.3) is 5.97 Å². The maximum Gasteiger partial charge on any atom is 0.311 e. The molecule has 4 fully saturated rings. The highest BCUT2D eigenvalue weighted by Gasteiger charge is 2.80. The zero-order valence-corrected chi connectivity index (χ0v) is 26.2. The van der Waals surface area contributed by atoms with Crippen molar-refractivity contribution in [2.75, 3.05) is 14.2 Å². The van der Waals surface area contributed by atoms with Gasteiger partial charge in [0.2, 0.25) is 8.32 Å². The summed E-state index contributed by atoms with van der Waals surface area (Å²) in [5, 5.41) is 0. The second-order valence-corrected chi connectivity index (χ2v) is 23.1. The fourth-order valence-electron chi connectivity index (χ4n) is 8.95. The second-order valence-electron chi connectivity index (χ2n) is 14.2. The van der Waals surface area contributed by atoms with E-state index in [0.29, 0.717) is 32.1 Å². The highest BCUT2D eigenvalue weighted by atomic mass is 28.4. The molecule has 0 radical (unpaired) electrons. The number of hydrogen-bond acceptors (Lipinski definition) is 7. The van der Waals surface area contributed by atoms with Crippen LogP contribution in [0.1, 0.15) is 45.4 Å². The van der Waals surface area contributed by atoms with Crippen LogP contribution in [0.2, 0.25) is 39.3 Å². The van der Waals surface area contributed by atoms with Crippen LogP contribution in [0.25, 0.3) is 0 Å². The average molecular weight is 551 g/mol. The molecule has 0 N–H and O–H groups in total. The third-order valence-corrected chi connectivity index (χ3v) is 11.6. The molecule has 208 valence electrons. The van der Waals surface area contributed by atoms with Crippen LogP contribution in [0.5, 0.6) is 0 Å². The number of rotatable bonds is 6. The van der Waals surface area contributed by atoms with Crippen molar-refractivity contribution >= 4 is 34.5 Å². The van der Waals surface area contributed by atoms with E-state index in [1.54, 1.807) is 0 Å². The molecular formula is C28H46O7Si2. The summed E-state index contributed by atoms with van der Waals surface area (Å²) in [6.45, 7) is 18.9. The lowest BCUT2D eigenvalue weighted by Crippen LogP contribution is -2.57. The highest BCUT2D eigenvalue weighted by Crippen LogP contribution is 2.78. The summed E-state index contributed by atoms with van der Waals surface area (Å²) in [6, 6.07) is 0. The topological polar surface area (TPSA) is 88.1 Å². The van der Waals surface area contributed by atoms with E-state index in [1.807, 2.05) is 26.6 Å². The first kappa shape index (κ1) is 28.5. The molecule has 1 spiro atoms. The van der Waals surface area contributed by atoms with E-state index in [9.17, 15) is 14.4 Å². The molecule has 2 bridgehead atoms. The number of carbonyl (C=O) groups is 3. The largest absolute Gasteiger partial charge is 0.519 e. The number of esters is 2. The first-order valence-corrected chi connectivity index (χ1v) is 20.5. The maximum absolute atomic E-state index is 14.5. The highest BCUT2D eigenvalue weighted by molar-refractivity contribution is 6.71. The normalized spacial score (nSPS) is 41.0. The Morgan fingerprint density at radius 2 is 1.59 bits per heavy atom. The van der Waals surface area contributed by atoms with Crippen LogP contribution in [0.3, 0.4) is 0 Å². The van der Waals surface area contributed by atoms with Crippen LogP contribution < -0.4 is 0 Å². The minimum atomic E-state index is -2.28. The average Bonchev–Trinajstić information content (AvgIpc) is 3.21. The first-order chi connectivity index (χ1) is 17.0. The van der Waals surface area contributed by atoms with Crippen LogP contribution in [-0.4, -0.2) is 54.9 Å². The summed E-state index contributed by atoms with van der Waals surface area (Å²) in [5.74, 6) is -2.17. The van der Waals surface area contributed by atoms with Gasteiger partial charge >= 0.3 is 11.9 Å². The maximum atomic E-state index is 14.5. The Hall–Kier alpha value is -1.46. The van der Waals surface area contributed by atoms with Crippen molar-refractivity contribution in [3.8, 4) is 0 Å². The SMILES string of the molecule is C=C1C[C@@]23CC1[C@H](O[Si](C)(C)C)C[C@@H]2[C@@]1(C(=O)O[Si](C)(C)C)CCC[C@](C)(C(=O)OC)[C@@H]1[C@H]3C(=O)OC. The van der Waals surface area contributed by atoms with Crippen LogP contribution in [-0.2, 0) is 32.7 Å². The van der Waals surface area contributed by atoms with Crippen molar-refractivity contribution in [1.29, 1.82) is 0 Å². The summed E-state index contributed by atoms with van der Waals surface area (Å²) in [4.78, 5) is 41.8. The number of ether oxygens (including phenoxy) is 2. The molecular weight excluding hydrogens is 504 g/mol. The summed E-state index contributed by atoms with van der Waals surface area (Å²) in [6.07, 6.45) is 3.81. The van der Waals surface area contributed by atoms with Crippen molar-refractivity contribution in [2.24, 2.45) is 39.9 Å². The van der Waals surface area contributed by atoms with Gasteiger partial charge in [-0.15, -0.1) is 0 Å². The molecule has 0 amide bonds. The van der Waals surface area contributed by atoms with Crippen molar-refractivity contribution in [2.45, 2.75) is 90.8 Å². The molecule has 1 unspecified atom stereocenters. The van der Waals surface area contributed by atoms with Gasteiger partial charge < -0.3 is 18.3 Å². The predicted molar refractivity (Wildman–Crippen MR) is 145 cm³/mol. The lowest BCUT2D eigenvalue weighted by Gasteiger charge is -2.52. The van der Waals surface area contributed by atoms with E-state index in [4.69, 9.17) is 18.3 Å². The second kappa shape index (κ2) is 9.05. The smallest absolute Gasteiger partial charge is 0.311 e. The third-order valence-electron chi connectivity index (χ3n) is 9.78. The van der Waals surface area contributed by atoms with Gasteiger partial charge in [0, 0.05) is 11.8 Å². The van der Waals surface area contributed by atoms with E-state index in [-0.39, 0.29) is 35.8 Å². The van der Waals surface area contributed by atoms with Gasteiger partial charge in [-0.2, -0.15) is 0 Å². The zero-order valence-electron chi connectivity index (χ0n) is 24.2. The number of fused-ring (bicyclic) bond motifs is 3. The van der Waals surface area contributed by atoms with Gasteiger partial charge in [0.15, 0.2) is 8.32 Å². The minimum Gasteiger partial charge on any atom is -0.519 e. The van der Waals surface area contributed by atoms with Crippen molar-refractivity contribution in [3.05, 3.63) is 12.2 Å². The Morgan fingerprint density at radius 3 is 2.14 bits per heavy atom. The molecule has 4 aliphatic carbocycles. The summed E-state index contributed by atoms with van der Waals surface area (Å²) in [7, 11) is -1.39. The van der Waals surface area contributed by atoms with Gasteiger partial charge in [0.1, 0.15) is 0 Å². The number of methoxy groups -OCH3 is 2. The van der Waals surface area contributed by atoms with Gasteiger partial charge in [-0.3, -0.25) is 14.4 Å². The van der Waals surface area contributed by atoms with Crippen LogP contribution in [0, 0.1) is 39.9 Å². The molecule has 4 rings (SSSR count). The molecule has 4 saturated carbocycles. The number of hydrogen-bond donors (Lipinski definition) is 0. The minimum absolute atomic E-state index is 0.0558. The molecule has 0 heterocycles. The molecule has 0 aromatic carbocycles.